The number of aromatic amines is 2. The predicted molar refractivity (Wildman–Crippen MR) is 64.1 cm³/mol. The monoisotopic (exact) mass is 238 g/mol. The molecule has 0 spiro atoms. The fourth-order valence-electron chi connectivity index (χ4n) is 1.43. The molecule has 15 heavy (non-hydrogen) atoms. The lowest BCUT2D eigenvalue weighted by Crippen LogP contribution is -2.16. The van der Waals surface area contributed by atoms with E-state index in [4.69, 9.17) is 12.2 Å². The van der Waals surface area contributed by atoms with Gasteiger partial charge in [0.1, 0.15) is 0 Å². The van der Waals surface area contributed by atoms with Gasteiger partial charge < -0.3 is 4.98 Å². The van der Waals surface area contributed by atoms with E-state index >= 15 is 0 Å². The Morgan fingerprint density at radius 1 is 1.47 bits per heavy atom. The van der Waals surface area contributed by atoms with Crippen LogP contribution in [0.25, 0.3) is 0 Å². The van der Waals surface area contributed by atoms with Crippen molar-refractivity contribution in [2.75, 3.05) is 0 Å². The van der Waals surface area contributed by atoms with Crippen LogP contribution in [0.4, 0.5) is 0 Å². The predicted octanol–water partition coefficient (Wildman–Crippen LogP) is 2.39. The molecule has 2 rings (SSSR count). The van der Waals surface area contributed by atoms with Crippen molar-refractivity contribution in [1.82, 2.24) is 9.97 Å². The van der Waals surface area contributed by atoms with Gasteiger partial charge in [0, 0.05) is 22.6 Å². The third-order valence-corrected chi connectivity index (χ3v) is 3.27. The van der Waals surface area contributed by atoms with E-state index in [2.05, 4.69) is 9.97 Å². The van der Waals surface area contributed by atoms with Gasteiger partial charge in [-0.1, -0.05) is 6.07 Å². The van der Waals surface area contributed by atoms with Crippen molar-refractivity contribution in [2.24, 2.45) is 0 Å². The van der Waals surface area contributed by atoms with Gasteiger partial charge in [-0.25, -0.2) is 0 Å². The molecule has 0 fully saturated rings. The molecular formula is C10H10N2OS2. The van der Waals surface area contributed by atoms with Crippen LogP contribution in [0.15, 0.2) is 22.3 Å². The van der Waals surface area contributed by atoms with Crippen LogP contribution in [-0.4, -0.2) is 9.97 Å². The second-order valence-corrected chi connectivity index (χ2v) is 4.71. The molecule has 2 heterocycles. The van der Waals surface area contributed by atoms with Crippen molar-refractivity contribution < 1.29 is 0 Å². The highest BCUT2D eigenvalue weighted by Gasteiger charge is 2.06. The molecule has 0 aliphatic rings. The highest BCUT2D eigenvalue weighted by Crippen LogP contribution is 2.13. The third kappa shape index (κ3) is 2.24. The van der Waals surface area contributed by atoms with Gasteiger partial charge in [0.25, 0.3) is 5.56 Å². The Kier molecular flexibility index (Phi) is 2.83. The molecule has 0 bridgehead atoms. The highest BCUT2D eigenvalue weighted by atomic mass is 32.1. The van der Waals surface area contributed by atoms with Crippen LogP contribution in [-0.2, 0) is 6.42 Å². The fraction of sp³-hybridized carbons (Fsp3) is 0.200. The number of thiophene rings is 1. The lowest BCUT2D eigenvalue weighted by molar-refractivity contribution is 0.969. The number of aromatic nitrogens is 2. The van der Waals surface area contributed by atoms with E-state index in [-0.39, 0.29) is 5.56 Å². The summed E-state index contributed by atoms with van der Waals surface area (Å²) in [4.78, 5) is 18.4. The first-order valence-corrected chi connectivity index (χ1v) is 5.80. The molecule has 0 atom stereocenters. The maximum atomic E-state index is 11.6. The van der Waals surface area contributed by atoms with Gasteiger partial charge in [-0.2, -0.15) is 0 Å². The Labute approximate surface area is 95.8 Å². The van der Waals surface area contributed by atoms with E-state index in [1.807, 2.05) is 24.4 Å². The molecular weight excluding hydrogens is 228 g/mol. The molecule has 0 aromatic carbocycles. The Balaban J connectivity index is 2.45. The summed E-state index contributed by atoms with van der Waals surface area (Å²) in [6.07, 6.45) is 0.658. The first kappa shape index (κ1) is 10.3. The molecule has 0 aliphatic carbocycles. The average molecular weight is 238 g/mol. The Morgan fingerprint density at radius 3 is 2.87 bits per heavy atom. The summed E-state index contributed by atoms with van der Waals surface area (Å²) in [5.74, 6) is 0. The zero-order valence-corrected chi connectivity index (χ0v) is 9.80. The quantitative estimate of drug-likeness (QED) is 0.789. The van der Waals surface area contributed by atoms with Crippen LogP contribution in [0.1, 0.15) is 16.1 Å². The minimum Gasteiger partial charge on any atom is -0.336 e. The summed E-state index contributed by atoms with van der Waals surface area (Å²) in [6.45, 7) is 1.87. The molecule has 78 valence electrons. The van der Waals surface area contributed by atoms with Crippen molar-refractivity contribution in [3.05, 3.63) is 48.8 Å². The number of nitrogens with one attached hydrogen (secondary N) is 2. The molecule has 0 saturated heterocycles. The lowest BCUT2D eigenvalue weighted by Gasteiger charge is -2.02. The van der Waals surface area contributed by atoms with Crippen LogP contribution in [0.3, 0.4) is 0 Å². The average Bonchev–Trinajstić information content (AvgIpc) is 2.63. The van der Waals surface area contributed by atoms with E-state index in [1.54, 1.807) is 11.3 Å². The van der Waals surface area contributed by atoms with Gasteiger partial charge >= 0.3 is 0 Å². The number of rotatable bonds is 2. The fourth-order valence-corrected chi connectivity index (χ4v) is 2.39. The maximum absolute atomic E-state index is 11.6. The van der Waals surface area contributed by atoms with Gasteiger partial charge in [0.2, 0.25) is 0 Å². The maximum Gasteiger partial charge on any atom is 0.255 e. The van der Waals surface area contributed by atoms with E-state index in [1.165, 1.54) is 4.88 Å². The zero-order valence-electron chi connectivity index (χ0n) is 8.16. The Morgan fingerprint density at radius 2 is 2.27 bits per heavy atom. The van der Waals surface area contributed by atoms with Crippen molar-refractivity contribution >= 4 is 23.6 Å². The molecule has 2 aromatic heterocycles. The van der Waals surface area contributed by atoms with Crippen LogP contribution < -0.4 is 5.56 Å². The molecule has 0 amide bonds. The van der Waals surface area contributed by atoms with Gasteiger partial charge in [0.15, 0.2) is 4.77 Å². The summed E-state index contributed by atoms with van der Waals surface area (Å²) in [6, 6.07) is 4.00. The van der Waals surface area contributed by atoms with E-state index in [9.17, 15) is 4.79 Å². The molecule has 2 N–H and O–H groups in total. The van der Waals surface area contributed by atoms with E-state index < -0.39 is 0 Å². The molecule has 0 unspecified atom stereocenters. The summed E-state index contributed by atoms with van der Waals surface area (Å²) in [7, 11) is 0. The zero-order chi connectivity index (χ0) is 10.8. The van der Waals surface area contributed by atoms with Crippen LogP contribution >= 0.6 is 23.6 Å². The van der Waals surface area contributed by atoms with Crippen molar-refractivity contribution in [2.45, 2.75) is 13.3 Å². The minimum absolute atomic E-state index is 0.0929. The van der Waals surface area contributed by atoms with E-state index in [0.717, 1.165) is 11.3 Å². The number of hydrogen-bond acceptors (Lipinski definition) is 3. The van der Waals surface area contributed by atoms with E-state index in [0.29, 0.717) is 11.2 Å². The lowest BCUT2D eigenvalue weighted by atomic mass is 10.1. The molecule has 0 aliphatic heterocycles. The minimum atomic E-state index is -0.0929. The largest absolute Gasteiger partial charge is 0.336 e. The second-order valence-electron chi connectivity index (χ2n) is 3.27. The van der Waals surface area contributed by atoms with Crippen LogP contribution in [0.2, 0.25) is 0 Å². The molecule has 0 saturated carbocycles. The van der Waals surface area contributed by atoms with Crippen LogP contribution in [0.5, 0.6) is 0 Å². The molecule has 5 heteroatoms. The second kappa shape index (κ2) is 4.12. The number of hydrogen-bond donors (Lipinski definition) is 2. The number of aryl methyl sites for hydroxylation is 1. The SMILES string of the molecule is Cc1[nH]c(=S)[nH]c(=O)c1Cc1cccs1. The van der Waals surface area contributed by atoms with Gasteiger partial charge in [-0.05, 0) is 30.6 Å². The molecule has 3 nitrogen and oxygen atoms in total. The highest BCUT2D eigenvalue weighted by molar-refractivity contribution is 7.71. The molecule has 2 aromatic rings. The van der Waals surface area contributed by atoms with Crippen molar-refractivity contribution in [3.63, 3.8) is 0 Å². The summed E-state index contributed by atoms with van der Waals surface area (Å²) in [5.41, 5.74) is 1.51. The van der Waals surface area contributed by atoms with Crippen LogP contribution in [0, 0.1) is 11.7 Å². The topological polar surface area (TPSA) is 48.6 Å². The van der Waals surface area contributed by atoms with Crippen molar-refractivity contribution in [1.29, 1.82) is 0 Å². The first-order valence-electron chi connectivity index (χ1n) is 4.51. The standard InChI is InChI=1S/C10H10N2OS2/c1-6-8(5-7-3-2-4-15-7)9(13)12-10(14)11-6/h2-4H,5H2,1H3,(H2,11,12,13,14). The van der Waals surface area contributed by atoms with Gasteiger partial charge in [-0.15, -0.1) is 11.3 Å². The Hall–Kier alpha value is -1.20. The van der Waals surface area contributed by atoms with Gasteiger partial charge in [0.05, 0.1) is 0 Å². The van der Waals surface area contributed by atoms with Crippen molar-refractivity contribution in [3.8, 4) is 0 Å². The normalized spacial score (nSPS) is 10.5. The Bertz CT molecular complexity index is 566. The smallest absolute Gasteiger partial charge is 0.255 e. The summed E-state index contributed by atoms with van der Waals surface area (Å²) < 4.78 is 0.382. The summed E-state index contributed by atoms with van der Waals surface area (Å²) >= 11 is 6.53. The van der Waals surface area contributed by atoms with Gasteiger partial charge in [-0.3, -0.25) is 9.78 Å². The first-order chi connectivity index (χ1) is 7.16. The number of H-pyrrole nitrogens is 2. The molecule has 0 radical (unpaired) electrons. The summed E-state index contributed by atoms with van der Waals surface area (Å²) in [5, 5.41) is 2.00. The third-order valence-electron chi connectivity index (χ3n) is 2.19.